The summed E-state index contributed by atoms with van der Waals surface area (Å²) < 4.78 is 31.7. The summed E-state index contributed by atoms with van der Waals surface area (Å²) in [4.78, 5) is 16.9. The standard InChI is InChI=1S/C17H22N2O4S2/c1-3-5-11-25(21,22)19-17-18-16(13-9-7-6-8-10-13)14(24-17)12-15(20)23-4-2/h6-10H,3-5,11-12H2,1-2H3,(H,18,19). The van der Waals surface area contributed by atoms with Crippen LogP contribution in [0.3, 0.4) is 0 Å². The van der Waals surface area contributed by atoms with E-state index in [1.165, 1.54) is 11.3 Å². The largest absolute Gasteiger partial charge is 0.466 e. The van der Waals surface area contributed by atoms with Gasteiger partial charge in [-0.05, 0) is 13.3 Å². The van der Waals surface area contributed by atoms with Crippen LogP contribution < -0.4 is 4.72 Å². The van der Waals surface area contributed by atoms with E-state index in [1.54, 1.807) is 6.92 Å². The first-order chi connectivity index (χ1) is 11.9. The van der Waals surface area contributed by atoms with E-state index in [-0.39, 0.29) is 23.3 Å². The van der Waals surface area contributed by atoms with E-state index in [9.17, 15) is 13.2 Å². The number of esters is 1. The number of aromatic nitrogens is 1. The summed E-state index contributed by atoms with van der Waals surface area (Å²) in [5.41, 5.74) is 1.43. The van der Waals surface area contributed by atoms with Crippen LogP contribution in [0.5, 0.6) is 0 Å². The van der Waals surface area contributed by atoms with Gasteiger partial charge in [0.2, 0.25) is 10.0 Å². The third kappa shape index (κ3) is 5.82. The third-order valence-corrected chi connectivity index (χ3v) is 5.79. The minimum atomic E-state index is -3.44. The minimum absolute atomic E-state index is 0.0525. The van der Waals surface area contributed by atoms with Gasteiger partial charge in [0.1, 0.15) is 0 Å². The predicted molar refractivity (Wildman–Crippen MR) is 100 cm³/mol. The van der Waals surface area contributed by atoms with Crippen molar-refractivity contribution >= 4 is 32.5 Å². The number of nitrogens with zero attached hydrogens (tertiary/aromatic N) is 1. The Morgan fingerprint density at radius 1 is 1.24 bits per heavy atom. The fourth-order valence-corrected chi connectivity index (χ4v) is 4.65. The molecule has 1 heterocycles. The van der Waals surface area contributed by atoms with Gasteiger partial charge in [-0.2, -0.15) is 0 Å². The Kier molecular flexibility index (Phi) is 6.95. The summed E-state index contributed by atoms with van der Waals surface area (Å²) >= 11 is 1.17. The quantitative estimate of drug-likeness (QED) is 0.671. The highest BCUT2D eigenvalue weighted by molar-refractivity contribution is 7.92. The van der Waals surface area contributed by atoms with Gasteiger partial charge in [0.05, 0.1) is 24.5 Å². The van der Waals surface area contributed by atoms with Crippen molar-refractivity contribution in [1.82, 2.24) is 4.98 Å². The normalized spacial score (nSPS) is 11.3. The molecular formula is C17H22N2O4S2. The van der Waals surface area contributed by atoms with Crippen LogP contribution in [-0.2, 0) is 26.0 Å². The molecule has 0 unspecified atom stereocenters. The number of unbranched alkanes of at least 4 members (excludes halogenated alkanes) is 1. The number of sulfonamides is 1. The molecule has 1 N–H and O–H groups in total. The zero-order chi connectivity index (χ0) is 18.3. The van der Waals surface area contributed by atoms with Crippen LogP contribution >= 0.6 is 11.3 Å². The van der Waals surface area contributed by atoms with Crippen molar-refractivity contribution in [3.8, 4) is 11.3 Å². The molecule has 8 heteroatoms. The number of benzene rings is 1. The van der Waals surface area contributed by atoms with E-state index in [4.69, 9.17) is 4.74 Å². The number of ether oxygens (including phenoxy) is 1. The fourth-order valence-electron chi connectivity index (χ4n) is 2.20. The van der Waals surface area contributed by atoms with Gasteiger partial charge in [0.25, 0.3) is 0 Å². The molecule has 0 spiro atoms. The molecule has 0 saturated heterocycles. The van der Waals surface area contributed by atoms with Gasteiger partial charge < -0.3 is 4.74 Å². The van der Waals surface area contributed by atoms with Gasteiger partial charge in [-0.1, -0.05) is 55.0 Å². The van der Waals surface area contributed by atoms with Crippen LogP contribution in [0.1, 0.15) is 31.6 Å². The van der Waals surface area contributed by atoms with Crippen LogP contribution in [0.4, 0.5) is 5.13 Å². The average molecular weight is 383 g/mol. The number of rotatable bonds is 9. The Balaban J connectivity index is 2.30. The van der Waals surface area contributed by atoms with E-state index in [0.717, 1.165) is 12.0 Å². The highest BCUT2D eigenvalue weighted by Crippen LogP contribution is 2.32. The third-order valence-electron chi connectivity index (χ3n) is 3.36. The predicted octanol–water partition coefficient (Wildman–Crippen LogP) is 3.46. The molecule has 136 valence electrons. The van der Waals surface area contributed by atoms with Crippen molar-refractivity contribution in [2.75, 3.05) is 17.1 Å². The first-order valence-electron chi connectivity index (χ1n) is 8.16. The molecule has 0 fully saturated rings. The maximum absolute atomic E-state index is 12.1. The van der Waals surface area contributed by atoms with Gasteiger partial charge >= 0.3 is 5.97 Å². The van der Waals surface area contributed by atoms with Crippen LogP contribution in [0.2, 0.25) is 0 Å². The lowest BCUT2D eigenvalue weighted by Crippen LogP contribution is -2.16. The van der Waals surface area contributed by atoms with Crippen LogP contribution in [-0.4, -0.2) is 31.7 Å². The molecule has 0 atom stereocenters. The highest BCUT2D eigenvalue weighted by atomic mass is 32.2. The number of carbonyl (C=O) groups is 1. The number of hydrogen-bond acceptors (Lipinski definition) is 6. The first-order valence-corrected chi connectivity index (χ1v) is 10.6. The van der Waals surface area contributed by atoms with Gasteiger partial charge in [-0.3, -0.25) is 9.52 Å². The highest BCUT2D eigenvalue weighted by Gasteiger charge is 2.19. The summed E-state index contributed by atoms with van der Waals surface area (Å²) in [6, 6.07) is 9.37. The van der Waals surface area contributed by atoms with Crippen molar-refractivity contribution in [3.05, 3.63) is 35.2 Å². The van der Waals surface area contributed by atoms with Crippen molar-refractivity contribution in [2.24, 2.45) is 0 Å². The Labute approximate surface area is 152 Å². The van der Waals surface area contributed by atoms with E-state index in [2.05, 4.69) is 9.71 Å². The Morgan fingerprint density at radius 2 is 1.96 bits per heavy atom. The molecular weight excluding hydrogens is 360 g/mol. The van der Waals surface area contributed by atoms with Crippen LogP contribution in [0.15, 0.2) is 30.3 Å². The van der Waals surface area contributed by atoms with Crippen LogP contribution in [0, 0.1) is 0 Å². The van der Waals surface area contributed by atoms with Crippen molar-refractivity contribution in [3.63, 3.8) is 0 Å². The van der Waals surface area contributed by atoms with E-state index < -0.39 is 10.0 Å². The van der Waals surface area contributed by atoms with Crippen molar-refractivity contribution < 1.29 is 17.9 Å². The number of nitrogens with one attached hydrogen (secondary N) is 1. The smallest absolute Gasteiger partial charge is 0.311 e. The average Bonchev–Trinajstić information content (AvgIpc) is 2.95. The molecule has 0 aliphatic carbocycles. The fraction of sp³-hybridized carbons (Fsp3) is 0.412. The Bertz CT molecular complexity index is 801. The maximum Gasteiger partial charge on any atom is 0.311 e. The second kappa shape index (κ2) is 8.96. The minimum Gasteiger partial charge on any atom is -0.466 e. The second-order valence-corrected chi connectivity index (χ2v) is 8.34. The lowest BCUT2D eigenvalue weighted by atomic mass is 10.1. The first kappa shape index (κ1) is 19.4. The summed E-state index contributed by atoms with van der Waals surface area (Å²) in [5, 5.41) is 0.272. The lowest BCUT2D eigenvalue weighted by Gasteiger charge is -2.03. The Hall–Kier alpha value is -1.93. The van der Waals surface area contributed by atoms with Crippen molar-refractivity contribution in [1.29, 1.82) is 0 Å². The number of anilines is 1. The number of hydrogen-bond donors (Lipinski definition) is 1. The zero-order valence-electron chi connectivity index (χ0n) is 14.3. The molecule has 0 radical (unpaired) electrons. The molecule has 2 rings (SSSR count). The number of carbonyl (C=O) groups excluding carboxylic acids is 1. The molecule has 1 aromatic carbocycles. The zero-order valence-corrected chi connectivity index (χ0v) is 16.0. The molecule has 0 saturated carbocycles. The molecule has 25 heavy (non-hydrogen) atoms. The van der Waals surface area contributed by atoms with Gasteiger partial charge in [-0.15, -0.1) is 0 Å². The SMILES string of the molecule is CCCCS(=O)(=O)Nc1nc(-c2ccccc2)c(CC(=O)OCC)s1. The monoisotopic (exact) mass is 382 g/mol. The number of thiazole rings is 1. The maximum atomic E-state index is 12.1. The summed E-state index contributed by atoms with van der Waals surface area (Å²) in [7, 11) is -3.44. The van der Waals surface area contributed by atoms with Crippen molar-refractivity contribution in [2.45, 2.75) is 33.1 Å². The lowest BCUT2D eigenvalue weighted by molar-refractivity contribution is -0.142. The van der Waals surface area contributed by atoms with E-state index >= 15 is 0 Å². The molecule has 2 aromatic rings. The molecule has 0 aliphatic heterocycles. The molecule has 6 nitrogen and oxygen atoms in total. The second-order valence-electron chi connectivity index (χ2n) is 5.41. The van der Waals surface area contributed by atoms with Gasteiger partial charge in [-0.25, -0.2) is 13.4 Å². The molecule has 1 aromatic heterocycles. The van der Waals surface area contributed by atoms with E-state index in [1.807, 2.05) is 37.3 Å². The molecule has 0 aliphatic rings. The molecule has 0 amide bonds. The molecule has 0 bridgehead atoms. The summed E-state index contributed by atoms with van der Waals surface area (Å²) in [6.45, 7) is 3.98. The summed E-state index contributed by atoms with van der Waals surface area (Å²) in [5.74, 6) is -0.305. The van der Waals surface area contributed by atoms with Gasteiger partial charge in [0, 0.05) is 10.4 Å². The summed E-state index contributed by atoms with van der Waals surface area (Å²) in [6.07, 6.45) is 1.44. The van der Waals surface area contributed by atoms with Crippen LogP contribution in [0.25, 0.3) is 11.3 Å². The Morgan fingerprint density at radius 3 is 2.60 bits per heavy atom. The topological polar surface area (TPSA) is 85.4 Å². The van der Waals surface area contributed by atoms with Gasteiger partial charge in [0.15, 0.2) is 5.13 Å². The van der Waals surface area contributed by atoms with E-state index in [0.29, 0.717) is 23.6 Å².